The molecule has 3 aliphatic carbocycles. The molecule has 5 aliphatic rings. The van der Waals surface area contributed by atoms with Crippen LogP contribution in [0, 0.1) is 29.6 Å². The van der Waals surface area contributed by atoms with Crippen molar-refractivity contribution in [3.05, 3.63) is 125 Å². The molecule has 1 N–H and O–H groups in total. The zero-order chi connectivity index (χ0) is 33.5. The predicted molar refractivity (Wildman–Crippen MR) is 179 cm³/mol. The fourth-order valence-corrected chi connectivity index (χ4v) is 9.35. The van der Waals surface area contributed by atoms with E-state index in [0.717, 1.165) is 22.3 Å². The lowest BCUT2D eigenvalue weighted by Gasteiger charge is -2.56. The van der Waals surface area contributed by atoms with Crippen LogP contribution < -0.4 is 4.74 Å². The minimum Gasteiger partial charge on any atom is -0.508 e. The van der Waals surface area contributed by atoms with E-state index < -0.39 is 40.5 Å². The normalized spacial score (nSPS) is 29.5. The Hall–Kier alpha value is -5.04. The smallest absolute Gasteiger partial charge is 0.234 e. The van der Waals surface area contributed by atoms with Crippen molar-refractivity contribution in [3.63, 3.8) is 0 Å². The van der Waals surface area contributed by atoms with Crippen molar-refractivity contribution < 1.29 is 29.0 Å². The van der Waals surface area contributed by atoms with Crippen LogP contribution in [-0.4, -0.2) is 38.9 Å². The highest BCUT2D eigenvalue weighted by molar-refractivity contribution is 6.31. The molecule has 3 aromatic rings. The number of aromatic hydroxyl groups is 1. The van der Waals surface area contributed by atoms with Crippen LogP contribution in [0.1, 0.15) is 50.3 Å². The zero-order valence-electron chi connectivity index (χ0n) is 27.2. The van der Waals surface area contributed by atoms with Gasteiger partial charge >= 0.3 is 0 Å². The van der Waals surface area contributed by atoms with Crippen molar-refractivity contribution in [1.82, 2.24) is 4.90 Å². The quantitative estimate of drug-likeness (QED) is 0.264. The fraction of sp³-hybridized carbons (Fsp3) is 0.317. The van der Waals surface area contributed by atoms with E-state index in [4.69, 9.17) is 4.74 Å². The maximum Gasteiger partial charge on any atom is 0.234 e. The number of benzene rings is 3. The van der Waals surface area contributed by atoms with Crippen molar-refractivity contribution in [2.45, 2.75) is 51.0 Å². The van der Waals surface area contributed by atoms with Gasteiger partial charge in [0, 0.05) is 34.9 Å². The maximum atomic E-state index is 15.1. The molecule has 242 valence electrons. The molecule has 1 saturated carbocycles. The van der Waals surface area contributed by atoms with Gasteiger partial charge in [-0.2, -0.15) is 0 Å². The molecule has 7 nitrogen and oxygen atoms in total. The number of carbonyl (C=O) groups excluding carboxylic acids is 4. The van der Waals surface area contributed by atoms with Gasteiger partial charge in [-0.3, -0.25) is 24.1 Å². The molecule has 2 fully saturated rings. The Balaban J connectivity index is 1.37. The average Bonchev–Trinajstić information content (AvgIpc) is 3.35. The summed E-state index contributed by atoms with van der Waals surface area (Å²) in [7, 11) is 0. The van der Waals surface area contributed by atoms with Crippen LogP contribution in [0.4, 0.5) is 0 Å². The number of allylic oxidation sites excluding steroid dienone is 5. The predicted octanol–water partition coefficient (Wildman–Crippen LogP) is 6.37. The number of carbonyl (C=O) groups is 4. The van der Waals surface area contributed by atoms with Crippen molar-refractivity contribution in [2.24, 2.45) is 29.6 Å². The minimum absolute atomic E-state index is 0.104. The highest BCUT2D eigenvalue weighted by Crippen LogP contribution is 2.63. The fourth-order valence-electron chi connectivity index (χ4n) is 9.35. The van der Waals surface area contributed by atoms with Crippen molar-refractivity contribution in [3.8, 4) is 11.5 Å². The number of phenols is 1. The standard InChI is InChI=1S/C41H37NO6/c1-40(2,3)42-38(46)29-16-15-28-31(35(29)39(42)47)20-32-37(45)30(23-10-6-4-7-11-23)21-34(44)41(32,26-12-8-5-9-13-26)36(28)25-18-24-19-27(43)14-17-33(24)48-22-25/h4-15,17,19,21-22,29,31-32,35-36,43H,16,18,20H2,1-3H3/t29-,31+,32-,35-,36-,41-/m0/s1. The van der Waals surface area contributed by atoms with Crippen LogP contribution in [0.15, 0.2) is 108 Å². The first-order valence-electron chi connectivity index (χ1n) is 16.7. The van der Waals surface area contributed by atoms with E-state index >= 15 is 9.59 Å². The third kappa shape index (κ3) is 4.26. The first-order chi connectivity index (χ1) is 23.0. The van der Waals surface area contributed by atoms with Crippen molar-refractivity contribution >= 4 is 29.0 Å². The number of likely N-dealkylation sites (tertiary alicyclic amines) is 1. The van der Waals surface area contributed by atoms with Gasteiger partial charge in [-0.1, -0.05) is 72.3 Å². The summed E-state index contributed by atoms with van der Waals surface area (Å²) >= 11 is 0. The van der Waals surface area contributed by atoms with Gasteiger partial charge in [0.2, 0.25) is 11.8 Å². The summed E-state index contributed by atoms with van der Waals surface area (Å²) < 4.78 is 6.18. The van der Waals surface area contributed by atoms with E-state index in [1.807, 2.05) is 81.4 Å². The van der Waals surface area contributed by atoms with Crippen LogP contribution in [0.25, 0.3) is 5.57 Å². The van der Waals surface area contributed by atoms with E-state index in [1.54, 1.807) is 24.5 Å². The minimum atomic E-state index is -1.31. The Labute approximate surface area is 279 Å². The van der Waals surface area contributed by atoms with Gasteiger partial charge in [-0.15, -0.1) is 0 Å². The summed E-state index contributed by atoms with van der Waals surface area (Å²) in [6.07, 6.45) is 6.30. The van der Waals surface area contributed by atoms with Gasteiger partial charge in [0.25, 0.3) is 0 Å². The second kappa shape index (κ2) is 10.7. The highest BCUT2D eigenvalue weighted by Gasteiger charge is 2.66. The topological polar surface area (TPSA) is 101 Å². The van der Waals surface area contributed by atoms with Crippen LogP contribution in [0.5, 0.6) is 11.5 Å². The first kappa shape index (κ1) is 30.3. The molecule has 7 heteroatoms. The summed E-state index contributed by atoms with van der Waals surface area (Å²) in [4.78, 5) is 59.7. The molecule has 2 amide bonds. The maximum absolute atomic E-state index is 15.1. The number of hydrogen-bond acceptors (Lipinski definition) is 6. The SMILES string of the molecule is CC(C)(C)N1C(=O)[C@H]2[C@H](CC=C3[C@H](C4=COc5ccc(O)cc5C4)[C@]4(c5ccccc5)C(=O)C=C(c5ccccc5)C(=O)[C@@H]4C[C@H]32)C1=O. The molecule has 2 heterocycles. The summed E-state index contributed by atoms with van der Waals surface area (Å²) in [5.41, 5.74) is 2.23. The number of rotatable bonds is 3. The number of imide groups is 1. The van der Waals surface area contributed by atoms with E-state index in [-0.39, 0.29) is 35.6 Å². The number of phenolic OH excluding ortho intramolecular Hbond substituents is 1. The molecule has 0 radical (unpaired) electrons. The average molecular weight is 640 g/mol. The summed E-state index contributed by atoms with van der Waals surface area (Å²) in [5, 5.41) is 10.4. The zero-order valence-corrected chi connectivity index (χ0v) is 27.2. The summed E-state index contributed by atoms with van der Waals surface area (Å²) in [6, 6.07) is 23.8. The van der Waals surface area contributed by atoms with Crippen LogP contribution in [0.3, 0.4) is 0 Å². The number of fused-ring (bicyclic) bond motifs is 5. The Kier molecular flexibility index (Phi) is 6.78. The number of ketones is 2. The third-order valence-corrected chi connectivity index (χ3v) is 11.2. The number of amides is 2. The molecule has 1 saturated heterocycles. The largest absolute Gasteiger partial charge is 0.508 e. The van der Waals surface area contributed by atoms with Crippen LogP contribution in [0.2, 0.25) is 0 Å². The number of Topliss-reactive ketones (excluding diaryl/α,β-unsaturated/α-hetero) is 1. The van der Waals surface area contributed by atoms with E-state index in [1.165, 1.54) is 11.0 Å². The first-order valence-corrected chi connectivity index (χ1v) is 16.7. The molecule has 2 aliphatic heterocycles. The third-order valence-electron chi connectivity index (χ3n) is 11.2. The molecule has 0 bridgehead atoms. The molecular formula is C41H37NO6. The van der Waals surface area contributed by atoms with Gasteiger partial charge in [0.15, 0.2) is 11.6 Å². The van der Waals surface area contributed by atoms with Gasteiger partial charge in [-0.05, 0) is 80.5 Å². The van der Waals surface area contributed by atoms with Gasteiger partial charge in [-0.25, -0.2) is 0 Å². The number of hydrogen-bond donors (Lipinski definition) is 1. The second-order valence-electron chi connectivity index (χ2n) is 14.7. The Morgan fingerprint density at radius 2 is 1.58 bits per heavy atom. The number of nitrogens with zero attached hydrogens (tertiary/aromatic N) is 1. The molecule has 3 aromatic carbocycles. The highest BCUT2D eigenvalue weighted by atomic mass is 16.5. The molecule has 0 aromatic heterocycles. The lowest BCUT2D eigenvalue weighted by molar-refractivity contribution is -0.146. The van der Waals surface area contributed by atoms with Crippen LogP contribution in [-0.2, 0) is 31.0 Å². The van der Waals surface area contributed by atoms with Crippen molar-refractivity contribution in [2.75, 3.05) is 0 Å². The lowest BCUT2D eigenvalue weighted by atomic mass is 9.44. The second-order valence-corrected chi connectivity index (χ2v) is 14.7. The summed E-state index contributed by atoms with van der Waals surface area (Å²) in [6.45, 7) is 5.61. The number of ether oxygens (including phenoxy) is 1. The van der Waals surface area contributed by atoms with E-state index in [9.17, 15) is 14.7 Å². The molecule has 8 rings (SSSR count). The molecule has 0 spiro atoms. The van der Waals surface area contributed by atoms with Gasteiger partial charge in [0.1, 0.15) is 11.5 Å². The lowest BCUT2D eigenvalue weighted by Crippen LogP contribution is -2.60. The van der Waals surface area contributed by atoms with Gasteiger partial charge in [0.05, 0.1) is 23.5 Å². The molecular weight excluding hydrogens is 602 g/mol. The van der Waals surface area contributed by atoms with E-state index in [0.29, 0.717) is 29.7 Å². The molecule has 0 unspecified atom stereocenters. The monoisotopic (exact) mass is 639 g/mol. The Bertz CT molecular complexity index is 1980. The Morgan fingerprint density at radius 3 is 2.29 bits per heavy atom. The molecule has 48 heavy (non-hydrogen) atoms. The van der Waals surface area contributed by atoms with E-state index in [2.05, 4.69) is 6.08 Å². The summed E-state index contributed by atoms with van der Waals surface area (Å²) in [5.74, 6) is -3.01. The van der Waals surface area contributed by atoms with Crippen molar-refractivity contribution in [1.29, 1.82) is 0 Å². The van der Waals surface area contributed by atoms with Crippen LogP contribution >= 0.6 is 0 Å². The Morgan fingerprint density at radius 1 is 0.875 bits per heavy atom. The molecule has 6 atom stereocenters. The van der Waals surface area contributed by atoms with Gasteiger partial charge < -0.3 is 9.84 Å².